The van der Waals surface area contributed by atoms with Crippen molar-refractivity contribution >= 4 is 17.3 Å². The highest BCUT2D eigenvalue weighted by molar-refractivity contribution is 5.81. The van der Waals surface area contributed by atoms with Gasteiger partial charge in [0, 0.05) is 24.9 Å². The molecule has 1 aromatic rings. The molecule has 0 aromatic heterocycles. The highest BCUT2D eigenvalue weighted by Crippen LogP contribution is 2.44. The Hall–Kier alpha value is -1.92. The number of nitrogens with zero attached hydrogens (tertiary/aromatic N) is 1. The number of amides is 1. The summed E-state index contributed by atoms with van der Waals surface area (Å²) in [5, 5.41) is 0. The Labute approximate surface area is 132 Å². The smallest absolute Gasteiger partial charge is 0.397 e. The van der Waals surface area contributed by atoms with E-state index in [2.05, 4.69) is 0 Å². The van der Waals surface area contributed by atoms with Gasteiger partial charge in [0.15, 0.2) is 0 Å². The first-order valence-electron chi connectivity index (χ1n) is 7.74. The zero-order valence-electron chi connectivity index (χ0n) is 12.9. The predicted molar refractivity (Wildman–Crippen MR) is 81.7 cm³/mol. The van der Waals surface area contributed by atoms with E-state index < -0.39 is 11.7 Å². The van der Waals surface area contributed by atoms with Crippen molar-refractivity contribution in [1.82, 2.24) is 4.90 Å². The van der Waals surface area contributed by atoms with Crippen molar-refractivity contribution in [3.63, 3.8) is 0 Å². The van der Waals surface area contributed by atoms with E-state index in [1.165, 1.54) is 13.0 Å². The zero-order valence-corrected chi connectivity index (χ0v) is 12.9. The van der Waals surface area contributed by atoms with Gasteiger partial charge >= 0.3 is 6.18 Å². The molecule has 1 aliphatic carbocycles. The molecule has 2 fully saturated rings. The van der Waals surface area contributed by atoms with Gasteiger partial charge in [-0.2, -0.15) is 13.2 Å². The van der Waals surface area contributed by atoms with Crippen LogP contribution in [0.5, 0.6) is 0 Å². The van der Waals surface area contributed by atoms with Crippen molar-refractivity contribution in [3.8, 4) is 0 Å². The number of carbonyl (C=O) groups excluding carboxylic acids is 1. The van der Waals surface area contributed by atoms with Gasteiger partial charge in [0.2, 0.25) is 5.91 Å². The summed E-state index contributed by atoms with van der Waals surface area (Å²) in [4.78, 5) is 13.8. The molecule has 0 radical (unpaired) electrons. The Morgan fingerprint density at radius 1 is 1.26 bits per heavy atom. The molecule has 4 nitrogen and oxygen atoms in total. The first kappa shape index (κ1) is 16.0. The second kappa shape index (κ2) is 5.32. The molecule has 4 N–H and O–H groups in total. The van der Waals surface area contributed by atoms with E-state index >= 15 is 0 Å². The van der Waals surface area contributed by atoms with Crippen LogP contribution in [0.3, 0.4) is 0 Å². The number of rotatable bonds is 2. The predicted octanol–water partition coefficient (Wildman–Crippen LogP) is 2.90. The maximum absolute atomic E-state index is 13.5. The minimum absolute atomic E-state index is 0.0232. The molecule has 2 aliphatic rings. The molecule has 126 valence electrons. The Morgan fingerprint density at radius 3 is 2.48 bits per heavy atom. The number of benzene rings is 1. The summed E-state index contributed by atoms with van der Waals surface area (Å²) >= 11 is 0. The molecule has 23 heavy (non-hydrogen) atoms. The SMILES string of the molecule is Cc1c(N)c(N)cc(C2CCN(C(=O)C3CC3)C2)c1C(F)(F)F. The average Bonchev–Trinajstić information content (AvgIpc) is 3.19. The first-order valence-corrected chi connectivity index (χ1v) is 7.74. The van der Waals surface area contributed by atoms with Crippen LogP contribution in [0.4, 0.5) is 24.5 Å². The summed E-state index contributed by atoms with van der Waals surface area (Å²) in [6.45, 7) is 2.17. The van der Waals surface area contributed by atoms with Crippen LogP contribution in [0, 0.1) is 12.8 Å². The third kappa shape index (κ3) is 2.84. The number of hydrogen-bond acceptors (Lipinski definition) is 3. The van der Waals surface area contributed by atoms with Crippen molar-refractivity contribution in [1.29, 1.82) is 0 Å². The lowest BCUT2D eigenvalue weighted by Gasteiger charge is -2.23. The standard InChI is InChI=1S/C16H20F3N3O/c1-8-13(16(17,18)19)11(6-12(20)14(8)21)10-4-5-22(7-10)15(23)9-2-3-9/h6,9-10H,2-5,7,20-21H2,1H3. The van der Waals surface area contributed by atoms with Crippen LogP contribution in [0.15, 0.2) is 6.07 Å². The quantitative estimate of drug-likeness (QED) is 0.820. The number of anilines is 2. The largest absolute Gasteiger partial charge is 0.417 e. The van der Waals surface area contributed by atoms with E-state index in [0.29, 0.717) is 19.5 Å². The van der Waals surface area contributed by atoms with Gasteiger partial charge in [0.1, 0.15) is 0 Å². The van der Waals surface area contributed by atoms with Crippen molar-refractivity contribution in [2.75, 3.05) is 24.6 Å². The Balaban J connectivity index is 1.95. The van der Waals surface area contributed by atoms with E-state index in [1.807, 2.05) is 0 Å². The molecule has 1 saturated heterocycles. The average molecular weight is 327 g/mol. The number of likely N-dealkylation sites (tertiary alicyclic amines) is 1. The molecule has 1 aliphatic heterocycles. The van der Waals surface area contributed by atoms with Crippen molar-refractivity contribution in [2.45, 2.75) is 38.3 Å². The second-order valence-electron chi connectivity index (χ2n) is 6.51. The molecule has 0 bridgehead atoms. The van der Waals surface area contributed by atoms with Gasteiger partial charge in [-0.25, -0.2) is 0 Å². The normalized spacial score (nSPS) is 21.7. The summed E-state index contributed by atoms with van der Waals surface area (Å²) in [6, 6.07) is 1.33. The number of alkyl halides is 3. The van der Waals surface area contributed by atoms with Crippen molar-refractivity contribution in [2.24, 2.45) is 5.92 Å². The second-order valence-corrected chi connectivity index (χ2v) is 6.51. The van der Waals surface area contributed by atoms with Crippen LogP contribution in [-0.4, -0.2) is 23.9 Å². The minimum Gasteiger partial charge on any atom is -0.397 e. The molecule has 7 heteroatoms. The van der Waals surface area contributed by atoms with E-state index in [1.54, 1.807) is 4.90 Å². The Morgan fingerprint density at radius 2 is 1.91 bits per heavy atom. The van der Waals surface area contributed by atoms with Gasteiger partial charge in [-0.05, 0) is 43.4 Å². The van der Waals surface area contributed by atoms with Crippen LogP contribution < -0.4 is 11.5 Å². The first-order chi connectivity index (χ1) is 10.7. The molecular formula is C16H20F3N3O. The van der Waals surface area contributed by atoms with Crippen LogP contribution in [0.2, 0.25) is 0 Å². The molecule has 1 heterocycles. The molecule has 1 saturated carbocycles. The van der Waals surface area contributed by atoms with E-state index in [4.69, 9.17) is 11.5 Å². The third-order valence-electron chi connectivity index (χ3n) is 4.84. The summed E-state index contributed by atoms with van der Waals surface area (Å²) < 4.78 is 40.5. The maximum atomic E-state index is 13.5. The van der Waals surface area contributed by atoms with Crippen LogP contribution in [0.1, 0.15) is 41.9 Å². The van der Waals surface area contributed by atoms with Gasteiger partial charge < -0.3 is 16.4 Å². The van der Waals surface area contributed by atoms with Gasteiger partial charge in [-0.3, -0.25) is 4.79 Å². The summed E-state index contributed by atoms with van der Waals surface area (Å²) in [6.07, 6.45) is -2.19. The number of hydrogen-bond donors (Lipinski definition) is 2. The fourth-order valence-electron chi connectivity index (χ4n) is 3.39. The maximum Gasteiger partial charge on any atom is 0.417 e. The molecule has 1 amide bonds. The third-order valence-corrected chi connectivity index (χ3v) is 4.84. The Bertz CT molecular complexity index is 653. The highest BCUT2D eigenvalue weighted by atomic mass is 19.4. The highest BCUT2D eigenvalue weighted by Gasteiger charge is 2.41. The number of halogens is 3. The summed E-state index contributed by atoms with van der Waals surface area (Å²) in [7, 11) is 0. The van der Waals surface area contributed by atoms with Gasteiger partial charge in [0.25, 0.3) is 0 Å². The molecule has 3 rings (SSSR count). The van der Waals surface area contributed by atoms with Crippen LogP contribution in [0.25, 0.3) is 0 Å². The van der Waals surface area contributed by atoms with Gasteiger partial charge in [0.05, 0.1) is 16.9 Å². The molecule has 0 spiro atoms. The lowest BCUT2D eigenvalue weighted by atomic mass is 9.89. The fourth-order valence-corrected chi connectivity index (χ4v) is 3.39. The molecule has 1 aromatic carbocycles. The molecule has 1 atom stereocenters. The van der Waals surface area contributed by atoms with E-state index in [0.717, 1.165) is 12.8 Å². The van der Waals surface area contributed by atoms with Crippen molar-refractivity contribution in [3.05, 3.63) is 22.8 Å². The fraction of sp³-hybridized carbons (Fsp3) is 0.562. The number of nitrogens with two attached hydrogens (primary N) is 2. The lowest BCUT2D eigenvalue weighted by molar-refractivity contribution is -0.138. The number of carbonyl (C=O) groups is 1. The van der Waals surface area contributed by atoms with Crippen LogP contribution in [-0.2, 0) is 11.0 Å². The van der Waals surface area contributed by atoms with Gasteiger partial charge in [-0.15, -0.1) is 0 Å². The van der Waals surface area contributed by atoms with Gasteiger partial charge in [-0.1, -0.05) is 0 Å². The molecule has 1 unspecified atom stereocenters. The summed E-state index contributed by atoms with van der Waals surface area (Å²) in [5.41, 5.74) is 11.0. The monoisotopic (exact) mass is 327 g/mol. The minimum atomic E-state index is -4.49. The van der Waals surface area contributed by atoms with E-state index in [-0.39, 0.29) is 40.2 Å². The number of nitrogen functional groups attached to an aromatic ring is 2. The van der Waals surface area contributed by atoms with Crippen molar-refractivity contribution < 1.29 is 18.0 Å². The Kier molecular flexibility index (Phi) is 3.69. The van der Waals surface area contributed by atoms with E-state index in [9.17, 15) is 18.0 Å². The summed E-state index contributed by atoms with van der Waals surface area (Å²) in [5.74, 6) is -0.203. The topological polar surface area (TPSA) is 72.3 Å². The van der Waals surface area contributed by atoms with Crippen LogP contribution >= 0.6 is 0 Å². The lowest BCUT2D eigenvalue weighted by Crippen LogP contribution is -2.30. The zero-order chi connectivity index (χ0) is 16.9. The molecular weight excluding hydrogens is 307 g/mol.